The van der Waals surface area contributed by atoms with Crippen molar-refractivity contribution in [2.75, 3.05) is 0 Å². The second kappa shape index (κ2) is 7.78. The third-order valence-corrected chi connectivity index (χ3v) is 5.64. The summed E-state index contributed by atoms with van der Waals surface area (Å²) in [6.07, 6.45) is 6.39. The fourth-order valence-electron chi connectivity index (χ4n) is 3.38. The van der Waals surface area contributed by atoms with Gasteiger partial charge in [-0.1, -0.05) is 50.1 Å². The Morgan fingerprint density at radius 1 is 1.13 bits per heavy atom. The Bertz CT molecular complexity index is 612. The Hall–Kier alpha value is -1.61. The molecule has 0 aliphatic heterocycles. The van der Waals surface area contributed by atoms with Gasteiger partial charge >= 0.3 is 0 Å². The number of carbonyl (C=O) groups excluding carboxylic acids is 1. The molecule has 0 radical (unpaired) electrons. The summed E-state index contributed by atoms with van der Waals surface area (Å²) < 4.78 is 0. The van der Waals surface area contributed by atoms with Gasteiger partial charge in [-0.05, 0) is 41.8 Å². The van der Waals surface area contributed by atoms with Crippen LogP contribution >= 0.6 is 11.3 Å². The summed E-state index contributed by atoms with van der Waals surface area (Å²) >= 11 is 1.74. The van der Waals surface area contributed by atoms with E-state index in [1.807, 2.05) is 0 Å². The molecule has 3 rings (SSSR count). The van der Waals surface area contributed by atoms with E-state index in [0.29, 0.717) is 12.5 Å². The minimum atomic E-state index is 0.273. The summed E-state index contributed by atoms with van der Waals surface area (Å²) in [4.78, 5) is 16.3. The minimum absolute atomic E-state index is 0.273. The third-order valence-electron chi connectivity index (χ3n) is 4.78. The summed E-state index contributed by atoms with van der Waals surface area (Å²) in [6.45, 7) is 2.93. The monoisotopic (exact) mass is 327 g/mol. The predicted molar refractivity (Wildman–Crippen MR) is 96.6 cm³/mol. The van der Waals surface area contributed by atoms with Crippen LogP contribution in [-0.4, -0.2) is 16.8 Å². The van der Waals surface area contributed by atoms with E-state index in [-0.39, 0.29) is 5.91 Å². The first kappa shape index (κ1) is 16.3. The van der Waals surface area contributed by atoms with Gasteiger partial charge in [-0.3, -0.25) is 4.79 Å². The van der Waals surface area contributed by atoms with E-state index >= 15 is 0 Å². The van der Waals surface area contributed by atoms with E-state index in [1.165, 1.54) is 23.3 Å². The number of carbonyl (C=O) groups is 1. The molecule has 23 heavy (non-hydrogen) atoms. The zero-order valence-corrected chi connectivity index (χ0v) is 14.6. The molecule has 0 bridgehead atoms. The van der Waals surface area contributed by atoms with E-state index in [1.54, 1.807) is 11.3 Å². The van der Waals surface area contributed by atoms with E-state index in [2.05, 4.69) is 53.6 Å². The Labute approximate surface area is 143 Å². The van der Waals surface area contributed by atoms with Crippen molar-refractivity contribution < 1.29 is 4.79 Å². The summed E-state index contributed by atoms with van der Waals surface area (Å²) in [5, 5.41) is 2.09. The summed E-state index contributed by atoms with van der Waals surface area (Å²) in [5.74, 6) is 0.273. The number of benzene rings is 1. The van der Waals surface area contributed by atoms with Crippen molar-refractivity contribution in [2.24, 2.45) is 0 Å². The first-order chi connectivity index (χ1) is 11.3. The Kier molecular flexibility index (Phi) is 5.50. The van der Waals surface area contributed by atoms with E-state index < -0.39 is 0 Å². The molecule has 2 aromatic rings. The standard InChI is InChI=1S/C20H25NOS/c1-2-16-9-11-17(12-10-16)14-20(22)21(18-6-3-4-7-18)15-19-8-5-13-23-19/h5,8-13,18H,2-4,6-7,14-15H2,1H3. The number of hydrogen-bond donors (Lipinski definition) is 0. The molecular formula is C20H25NOS. The molecular weight excluding hydrogens is 302 g/mol. The molecule has 0 N–H and O–H groups in total. The lowest BCUT2D eigenvalue weighted by atomic mass is 10.1. The van der Waals surface area contributed by atoms with Gasteiger partial charge in [-0.25, -0.2) is 0 Å². The smallest absolute Gasteiger partial charge is 0.227 e. The number of hydrogen-bond acceptors (Lipinski definition) is 2. The molecule has 0 unspecified atom stereocenters. The van der Waals surface area contributed by atoms with Crippen molar-refractivity contribution in [3.8, 4) is 0 Å². The minimum Gasteiger partial charge on any atom is -0.334 e. The molecule has 1 aromatic carbocycles. The van der Waals surface area contributed by atoms with Crippen molar-refractivity contribution in [3.63, 3.8) is 0 Å². The van der Waals surface area contributed by atoms with Crippen LogP contribution in [0, 0.1) is 0 Å². The largest absolute Gasteiger partial charge is 0.334 e. The molecule has 1 aliphatic rings. The van der Waals surface area contributed by atoms with Crippen molar-refractivity contribution in [3.05, 3.63) is 57.8 Å². The first-order valence-corrected chi connectivity index (χ1v) is 9.54. The van der Waals surface area contributed by atoms with Crippen LogP contribution in [0.3, 0.4) is 0 Å². The average molecular weight is 327 g/mol. The Morgan fingerprint density at radius 3 is 2.43 bits per heavy atom. The van der Waals surface area contributed by atoms with Gasteiger partial charge in [0.05, 0.1) is 13.0 Å². The van der Waals surface area contributed by atoms with Crippen molar-refractivity contribution >= 4 is 17.2 Å². The van der Waals surface area contributed by atoms with Crippen LogP contribution in [-0.2, 0) is 24.2 Å². The van der Waals surface area contributed by atoms with E-state index in [4.69, 9.17) is 0 Å². The van der Waals surface area contributed by atoms with Crippen LogP contribution in [0.4, 0.5) is 0 Å². The molecule has 2 nitrogen and oxygen atoms in total. The average Bonchev–Trinajstić information content (AvgIpc) is 3.27. The van der Waals surface area contributed by atoms with Crippen LogP contribution < -0.4 is 0 Å². The molecule has 3 heteroatoms. The van der Waals surface area contributed by atoms with Gasteiger partial charge in [0.2, 0.25) is 5.91 Å². The zero-order valence-electron chi connectivity index (χ0n) is 13.8. The lowest BCUT2D eigenvalue weighted by molar-refractivity contribution is -0.133. The van der Waals surface area contributed by atoms with Crippen molar-refractivity contribution in [1.82, 2.24) is 4.90 Å². The Balaban J connectivity index is 1.70. The number of amides is 1. The molecule has 0 spiro atoms. The summed E-state index contributed by atoms with van der Waals surface area (Å²) in [6, 6.07) is 13.1. The summed E-state index contributed by atoms with van der Waals surface area (Å²) in [5.41, 5.74) is 2.45. The Morgan fingerprint density at radius 2 is 1.83 bits per heavy atom. The van der Waals surface area contributed by atoms with Gasteiger partial charge < -0.3 is 4.90 Å². The first-order valence-electron chi connectivity index (χ1n) is 8.66. The van der Waals surface area contributed by atoms with Crippen LogP contribution in [0.2, 0.25) is 0 Å². The lowest BCUT2D eigenvalue weighted by Gasteiger charge is -2.29. The molecule has 1 aliphatic carbocycles. The zero-order chi connectivity index (χ0) is 16.1. The lowest BCUT2D eigenvalue weighted by Crippen LogP contribution is -2.39. The second-order valence-corrected chi connectivity index (χ2v) is 7.42. The third kappa shape index (κ3) is 4.23. The van der Waals surface area contributed by atoms with E-state index in [9.17, 15) is 4.79 Å². The number of aryl methyl sites for hydroxylation is 1. The van der Waals surface area contributed by atoms with Gasteiger partial charge in [0, 0.05) is 10.9 Å². The van der Waals surface area contributed by atoms with E-state index in [0.717, 1.165) is 31.4 Å². The van der Waals surface area contributed by atoms with Gasteiger partial charge in [-0.2, -0.15) is 0 Å². The fraction of sp³-hybridized carbons (Fsp3) is 0.450. The molecule has 1 heterocycles. The molecule has 0 saturated heterocycles. The highest BCUT2D eigenvalue weighted by molar-refractivity contribution is 7.09. The number of thiophene rings is 1. The highest BCUT2D eigenvalue weighted by Gasteiger charge is 2.26. The number of nitrogens with zero attached hydrogens (tertiary/aromatic N) is 1. The van der Waals surface area contributed by atoms with Crippen molar-refractivity contribution in [2.45, 2.75) is 58.0 Å². The molecule has 1 amide bonds. The van der Waals surface area contributed by atoms with Crippen LogP contribution in [0.5, 0.6) is 0 Å². The van der Waals surface area contributed by atoms with Gasteiger partial charge in [0.25, 0.3) is 0 Å². The van der Waals surface area contributed by atoms with Crippen molar-refractivity contribution in [1.29, 1.82) is 0 Å². The quantitative estimate of drug-likeness (QED) is 0.744. The highest BCUT2D eigenvalue weighted by Crippen LogP contribution is 2.26. The van der Waals surface area contributed by atoms with Crippen LogP contribution in [0.25, 0.3) is 0 Å². The second-order valence-electron chi connectivity index (χ2n) is 6.39. The molecule has 1 saturated carbocycles. The normalized spacial score (nSPS) is 15.0. The van der Waals surface area contributed by atoms with Crippen LogP contribution in [0.1, 0.15) is 48.6 Å². The number of rotatable bonds is 6. The molecule has 1 fully saturated rings. The maximum absolute atomic E-state index is 12.9. The maximum atomic E-state index is 12.9. The fourth-order valence-corrected chi connectivity index (χ4v) is 4.08. The maximum Gasteiger partial charge on any atom is 0.227 e. The summed E-state index contributed by atoms with van der Waals surface area (Å²) in [7, 11) is 0. The van der Waals surface area contributed by atoms with Gasteiger partial charge in [-0.15, -0.1) is 11.3 Å². The van der Waals surface area contributed by atoms with Gasteiger partial charge in [0.15, 0.2) is 0 Å². The predicted octanol–water partition coefficient (Wildman–Crippen LogP) is 4.82. The molecule has 122 valence electrons. The topological polar surface area (TPSA) is 20.3 Å². The molecule has 1 aromatic heterocycles. The highest BCUT2D eigenvalue weighted by atomic mass is 32.1. The SMILES string of the molecule is CCc1ccc(CC(=O)N(Cc2cccs2)C2CCCC2)cc1. The van der Waals surface area contributed by atoms with Gasteiger partial charge in [0.1, 0.15) is 0 Å². The van der Waals surface area contributed by atoms with Crippen LogP contribution in [0.15, 0.2) is 41.8 Å². The molecule has 0 atom stereocenters.